The van der Waals surface area contributed by atoms with Gasteiger partial charge in [-0.3, -0.25) is 9.69 Å². The van der Waals surface area contributed by atoms with Gasteiger partial charge in [0.1, 0.15) is 11.4 Å². The van der Waals surface area contributed by atoms with Crippen LogP contribution in [0.15, 0.2) is 24.3 Å². The summed E-state index contributed by atoms with van der Waals surface area (Å²) >= 11 is 0. The number of aryl methyl sites for hydroxylation is 1. The van der Waals surface area contributed by atoms with Gasteiger partial charge in [0.15, 0.2) is 5.78 Å². The number of rotatable bonds is 8. The lowest BCUT2D eigenvalue weighted by atomic mass is 10.0. The second-order valence-corrected chi connectivity index (χ2v) is 6.25. The van der Waals surface area contributed by atoms with Gasteiger partial charge >= 0.3 is 5.97 Å². The highest BCUT2D eigenvalue weighted by atomic mass is 16.5. The first-order chi connectivity index (χ1) is 12.4. The van der Waals surface area contributed by atoms with Crippen LogP contribution in [0.2, 0.25) is 0 Å². The number of ether oxygens (including phenoxy) is 2. The summed E-state index contributed by atoms with van der Waals surface area (Å²) in [4.78, 5) is 29.7. The van der Waals surface area contributed by atoms with Gasteiger partial charge in [0.05, 0.1) is 20.3 Å². The van der Waals surface area contributed by atoms with E-state index in [4.69, 9.17) is 9.47 Å². The molecular weight excluding hydrogens is 332 g/mol. The highest BCUT2D eigenvalue weighted by Crippen LogP contribution is 2.21. The van der Waals surface area contributed by atoms with Crippen LogP contribution in [0.3, 0.4) is 0 Å². The molecule has 0 fully saturated rings. The van der Waals surface area contributed by atoms with E-state index in [1.807, 2.05) is 36.2 Å². The van der Waals surface area contributed by atoms with E-state index < -0.39 is 5.97 Å². The Labute approximate surface area is 154 Å². The fraction of sp³-hybridized carbons (Fsp3) is 0.400. The van der Waals surface area contributed by atoms with Crippen LogP contribution in [0.5, 0.6) is 5.75 Å². The van der Waals surface area contributed by atoms with Gasteiger partial charge in [0.25, 0.3) is 0 Å². The van der Waals surface area contributed by atoms with Crippen LogP contribution in [0, 0.1) is 13.8 Å². The number of hydrogen-bond donors (Lipinski definition) is 1. The Morgan fingerprint density at radius 2 is 1.88 bits per heavy atom. The van der Waals surface area contributed by atoms with Crippen molar-refractivity contribution in [2.75, 3.05) is 27.3 Å². The number of carbonyl (C=O) groups is 2. The van der Waals surface area contributed by atoms with Crippen molar-refractivity contribution in [3.05, 3.63) is 52.3 Å². The number of ketones is 1. The van der Waals surface area contributed by atoms with Gasteiger partial charge in [-0.2, -0.15) is 0 Å². The Kier molecular flexibility index (Phi) is 6.58. The fourth-order valence-corrected chi connectivity index (χ4v) is 3.08. The van der Waals surface area contributed by atoms with Crippen molar-refractivity contribution in [3.8, 4) is 5.75 Å². The van der Waals surface area contributed by atoms with E-state index in [-0.39, 0.29) is 12.3 Å². The summed E-state index contributed by atoms with van der Waals surface area (Å²) in [5.41, 5.74) is 3.23. The lowest BCUT2D eigenvalue weighted by molar-refractivity contribution is 0.0519. The molecule has 0 aliphatic carbocycles. The molecule has 0 bridgehead atoms. The van der Waals surface area contributed by atoms with E-state index in [1.54, 1.807) is 27.9 Å². The molecule has 2 rings (SSSR count). The Morgan fingerprint density at radius 3 is 2.54 bits per heavy atom. The zero-order chi connectivity index (χ0) is 19.3. The molecule has 6 heteroatoms. The van der Waals surface area contributed by atoms with Crippen molar-refractivity contribution in [2.24, 2.45) is 0 Å². The number of aromatic nitrogens is 1. The average molecular weight is 358 g/mol. The normalized spacial score (nSPS) is 10.8. The van der Waals surface area contributed by atoms with Gasteiger partial charge in [-0.1, -0.05) is 18.2 Å². The fourth-order valence-electron chi connectivity index (χ4n) is 3.08. The van der Waals surface area contributed by atoms with Crippen molar-refractivity contribution in [3.63, 3.8) is 0 Å². The molecule has 0 spiro atoms. The third kappa shape index (κ3) is 4.32. The van der Waals surface area contributed by atoms with Gasteiger partial charge in [-0.05, 0) is 39.4 Å². The Morgan fingerprint density at radius 1 is 1.19 bits per heavy atom. The summed E-state index contributed by atoms with van der Waals surface area (Å²) in [6, 6.07) is 7.74. The first-order valence-corrected chi connectivity index (χ1v) is 8.58. The van der Waals surface area contributed by atoms with Crippen LogP contribution in [0.1, 0.15) is 44.6 Å². The van der Waals surface area contributed by atoms with Crippen LogP contribution in [-0.2, 0) is 11.3 Å². The number of nitrogens with zero attached hydrogens (tertiary/aromatic N) is 1. The number of aromatic amines is 1. The van der Waals surface area contributed by atoms with Gasteiger partial charge in [-0.25, -0.2) is 4.79 Å². The molecule has 0 aliphatic heterocycles. The van der Waals surface area contributed by atoms with Gasteiger partial charge in [0, 0.05) is 23.4 Å². The number of esters is 1. The maximum absolute atomic E-state index is 12.8. The topological polar surface area (TPSA) is 71.6 Å². The Hall–Kier alpha value is -2.60. The lowest BCUT2D eigenvalue weighted by Crippen LogP contribution is -2.26. The minimum absolute atomic E-state index is 0.0378. The first-order valence-electron chi connectivity index (χ1n) is 8.58. The molecule has 1 aromatic carbocycles. The van der Waals surface area contributed by atoms with Crippen LogP contribution >= 0.6 is 0 Å². The van der Waals surface area contributed by atoms with Crippen LogP contribution in [0.25, 0.3) is 0 Å². The van der Waals surface area contributed by atoms with Crippen molar-refractivity contribution in [2.45, 2.75) is 27.3 Å². The van der Waals surface area contributed by atoms with E-state index in [0.717, 1.165) is 11.3 Å². The molecule has 26 heavy (non-hydrogen) atoms. The van der Waals surface area contributed by atoms with E-state index in [9.17, 15) is 9.59 Å². The van der Waals surface area contributed by atoms with Crippen molar-refractivity contribution >= 4 is 11.8 Å². The maximum Gasteiger partial charge on any atom is 0.355 e. The first kappa shape index (κ1) is 19.7. The summed E-state index contributed by atoms with van der Waals surface area (Å²) in [5.74, 6) is 0.323. The van der Waals surface area contributed by atoms with Gasteiger partial charge < -0.3 is 14.5 Å². The van der Waals surface area contributed by atoms with Crippen molar-refractivity contribution in [1.29, 1.82) is 0 Å². The molecule has 1 aromatic heterocycles. The quantitative estimate of drug-likeness (QED) is 0.580. The van der Waals surface area contributed by atoms with E-state index in [1.165, 1.54) is 0 Å². The molecule has 0 unspecified atom stereocenters. The molecule has 0 saturated carbocycles. The summed E-state index contributed by atoms with van der Waals surface area (Å²) in [6.45, 7) is 6.43. The second kappa shape index (κ2) is 8.67. The van der Waals surface area contributed by atoms with E-state index >= 15 is 0 Å². The predicted octanol–water partition coefficient (Wildman–Crippen LogP) is 3.13. The Balaban J connectivity index is 2.13. The maximum atomic E-state index is 12.8. The van der Waals surface area contributed by atoms with E-state index in [0.29, 0.717) is 35.7 Å². The number of Topliss-reactive ketones (excluding diaryl/α,β-unsaturated/α-hetero) is 1. The molecular formula is C20H26N2O4. The summed E-state index contributed by atoms with van der Waals surface area (Å²) in [7, 11) is 3.52. The molecule has 2 aromatic rings. The van der Waals surface area contributed by atoms with E-state index in [2.05, 4.69) is 4.98 Å². The number of likely N-dealkylation sites (N-methyl/N-ethyl adjacent to an activating group) is 1. The smallest absolute Gasteiger partial charge is 0.355 e. The largest absolute Gasteiger partial charge is 0.496 e. The van der Waals surface area contributed by atoms with Crippen molar-refractivity contribution in [1.82, 2.24) is 9.88 Å². The molecule has 6 nitrogen and oxygen atoms in total. The van der Waals surface area contributed by atoms with Gasteiger partial charge in [-0.15, -0.1) is 0 Å². The number of H-pyrrole nitrogens is 1. The van der Waals surface area contributed by atoms with Crippen molar-refractivity contribution < 1.29 is 19.1 Å². The highest BCUT2D eigenvalue weighted by molar-refractivity contribution is 6.03. The zero-order valence-electron chi connectivity index (χ0n) is 16.0. The standard InChI is InChI=1S/C20H26N2O4/c1-6-26-20(24)19-13(2)18(14(3)21-19)16(23)12-22(4)11-15-9-7-8-10-17(15)25-5/h7-10,21H,6,11-12H2,1-5H3. The second-order valence-electron chi connectivity index (χ2n) is 6.25. The Bertz CT molecular complexity index is 795. The summed E-state index contributed by atoms with van der Waals surface area (Å²) < 4.78 is 10.4. The minimum Gasteiger partial charge on any atom is -0.496 e. The third-order valence-corrected chi connectivity index (χ3v) is 4.24. The SMILES string of the molecule is CCOC(=O)c1[nH]c(C)c(C(=O)CN(C)Cc2ccccc2OC)c1C. The molecule has 1 N–H and O–H groups in total. The average Bonchev–Trinajstić information content (AvgIpc) is 2.90. The third-order valence-electron chi connectivity index (χ3n) is 4.24. The molecule has 140 valence electrons. The molecule has 0 amide bonds. The van der Waals surface area contributed by atoms with Crippen LogP contribution in [0.4, 0.5) is 0 Å². The molecule has 0 radical (unpaired) electrons. The monoisotopic (exact) mass is 358 g/mol. The van der Waals surface area contributed by atoms with Gasteiger partial charge in [0.2, 0.25) is 0 Å². The highest BCUT2D eigenvalue weighted by Gasteiger charge is 2.23. The minimum atomic E-state index is -0.436. The number of benzene rings is 1. The number of methoxy groups -OCH3 is 1. The number of hydrogen-bond acceptors (Lipinski definition) is 5. The summed E-state index contributed by atoms with van der Waals surface area (Å²) in [5, 5.41) is 0. The summed E-state index contributed by atoms with van der Waals surface area (Å²) in [6.07, 6.45) is 0. The zero-order valence-corrected chi connectivity index (χ0v) is 16.0. The molecule has 0 aliphatic rings. The molecule has 0 saturated heterocycles. The van der Waals surface area contributed by atoms with Crippen LogP contribution in [-0.4, -0.2) is 48.9 Å². The lowest BCUT2D eigenvalue weighted by Gasteiger charge is -2.18. The molecule has 0 atom stereocenters. The van der Waals surface area contributed by atoms with Crippen LogP contribution < -0.4 is 4.74 Å². The number of para-hydroxylation sites is 1. The number of nitrogens with one attached hydrogen (secondary N) is 1. The predicted molar refractivity (Wildman–Crippen MR) is 99.9 cm³/mol. The molecule has 1 heterocycles. The number of carbonyl (C=O) groups excluding carboxylic acids is 2.